The highest BCUT2D eigenvalue weighted by Gasteiger charge is 2.12. The van der Waals surface area contributed by atoms with Crippen molar-refractivity contribution >= 4 is 21.9 Å². The third-order valence-electron chi connectivity index (χ3n) is 3.68. The molecule has 0 spiro atoms. The maximum absolute atomic E-state index is 11.5. The van der Waals surface area contributed by atoms with Crippen molar-refractivity contribution in [3.05, 3.63) is 69.2 Å². The number of ether oxygens (including phenoxy) is 1. The fraction of sp³-hybridized carbons (Fsp3) is 0.278. The smallest absolute Gasteiger partial charge is 0.337 e. The lowest BCUT2D eigenvalue weighted by molar-refractivity contribution is 0.0600. The average molecular weight is 378 g/mol. The van der Waals surface area contributed by atoms with E-state index < -0.39 is 0 Å². The first-order valence-corrected chi connectivity index (χ1v) is 8.12. The average Bonchev–Trinajstić information content (AvgIpc) is 2.57. The molecule has 2 aromatic rings. The van der Waals surface area contributed by atoms with E-state index in [0.717, 1.165) is 15.6 Å². The Morgan fingerprint density at radius 2 is 1.96 bits per heavy atom. The van der Waals surface area contributed by atoms with E-state index in [4.69, 9.17) is 4.74 Å². The molecule has 0 fully saturated rings. The van der Waals surface area contributed by atoms with Gasteiger partial charge in [0.15, 0.2) is 0 Å². The second-order valence-electron chi connectivity index (χ2n) is 5.32. The summed E-state index contributed by atoms with van der Waals surface area (Å²) in [6.45, 7) is 2.62. The molecule has 0 bridgehead atoms. The summed E-state index contributed by atoms with van der Waals surface area (Å²) in [5.41, 5.74) is 3.73. The van der Waals surface area contributed by atoms with Gasteiger partial charge >= 0.3 is 5.97 Å². The Hall–Kier alpha value is -1.69. The van der Waals surface area contributed by atoms with E-state index in [-0.39, 0.29) is 18.6 Å². The molecule has 0 aliphatic heterocycles. The summed E-state index contributed by atoms with van der Waals surface area (Å²) < 4.78 is 5.53. The first-order chi connectivity index (χ1) is 11.0. The van der Waals surface area contributed by atoms with Gasteiger partial charge in [0.05, 0.1) is 25.3 Å². The van der Waals surface area contributed by atoms with Crippen LogP contribution in [0.15, 0.2) is 46.9 Å². The van der Waals surface area contributed by atoms with Gasteiger partial charge in [-0.15, -0.1) is 0 Å². The normalized spacial score (nSPS) is 12.0. The highest BCUT2D eigenvalue weighted by Crippen LogP contribution is 2.21. The minimum absolute atomic E-state index is 0.0148. The second kappa shape index (κ2) is 8.24. The van der Waals surface area contributed by atoms with Crippen molar-refractivity contribution in [1.29, 1.82) is 0 Å². The Labute approximate surface area is 144 Å². The number of nitrogens with one attached hydrogen (secondary N) is 1. The van der Waals surface area contributed by atoms with Gasteiger partial charge in [0.2, 0.25) is 0 Å². The molecule has 0 unspecified atom stereocenters. The Bertz CT molecular complexity index is 670. The molecule has 0 saturated carbocycles. The standard InChI is InChI=1S/C18H20BrNO3/c1-12-3-5-13(6-4-12)17(11-21)20-10-15-8-7-14(9-16(15)19)18(22)23-2/h3-9,17,20-21H,10-11H2,1-2H3/t17-/m1/s1. The van der Waals surface area contributed by atoms with Crippen molar-refractivity contribution in [1.82, 2.24) is 5.32 Å². The van der Waals surface area contributed by atoms with E-state index >= 15 is 0 Å². The van der Waals surface area contributed by atoms with Crippen molar-refractivity contribution in [3.8, 4) is 0 Å². The lowest BCUT2D eigenvalue weighted by atomic mass is 10.1. The third-order valence-corrected chi connectivity index (χ3v) is 4.41. The molecule has 0 aromatic heterocycles. The van der Waals surface area contributed by atoms with Crippen molar-refractivity contribution in [2.45, 2.75) is 19.5 Å². The zero-order valence-electron chi connectivity index (χ0n) is 13.2. The highest BCUT2D eigenvalue weighted by atomic mass is 79.9. The molecule has 2 rings (SSSR count). The Kier molecular flexibility index (Phi) is 6.33. The molecule has 5 heteroatoms. The summed E-state index contributed by atoms with van der Waals surface area (Å²) in [7, 11) is 1.36. The van der Waals surface area contributed by atoms with Crippen molar-refractivity contribution in [2.75, 3.05) is 13.7 Å². The van der Waals surface area contributed by atoms with Gasteiger partial charge in [-0.25, -0.2) is 4.79 Å². The van der Waals surface area contributed by atoms with Gasteiger partial charge in [-0.1, -0.05) is 51.8 Å². The monoisotopic (exact) mass is 377 g/mol. The van der Waals surface area contributed by atoms with Gasteiger partial charge in [-0.2, -0.15) is 0 Å². The van der Waals surface area contributed by atoms with Crippen LogP contribution in [0.2, 0.25) is 0 Å². The van der Waals surface area contributed by atoms with Gasteiger partial charge in [0.25, 0.3) is 0 Å². The molecule has 2 aromatic carbocycles. The summed E-state index contributed by atoms with van der Waals surface area (Å²) in [4.78, 5) is 11.5. The van der Waals surface area contributed by atoms with Crippen LogP contribution in [0.1, 0.15) is 33.1 Å². The predicted octanol–water partition coefficient (Wildman–Crippen LogP) is 3.37. The zero-order chi connectivity index (χ0) is 16.8. The van der Waals surface area contributed by atoms with Gasteiger partial charge < -0.3 is 15.2 Å². The Balaban J connectivity index is 2.06. The molecular formula is C18H20BrNO3. The minimum Gasteiger partial charge on any atom is -0.465 e. The number of aliphatic hydroxyl groups excluding tert-OH is 1. The van der Waals surface area contributed by atoms with E-state index in [2.05, 4.69) is 21.2 Å². The van der Waals surface area contributed by atoms with Crippen LogP contribution >= 0.6 is 15.9 Å². The topological polar surface area (TPSA) is 58.6 Å². The van der Waals surface area contributed by atoms with Crippen LogP contribution in [0.25, 0.3) is 0 Å². The van der Waals surface area contributed by atoms with Gasteiger partial charge in [-0.05, 0) is 30.2 Å². The minimum atomic E-state index is -0.363. The summed E-state index contributed by atoms with van der Waals surface area (Å²) in [5.74, 6) is -0.363. The molecule has 0 amide bonds. The number of esters is 1. The number of carbonyl (C=O) groups is 1. The SMILES string of the molecule is COC(=O)c1ccc(CN[C@H](CO)c2ccc(C)cc2)c(Br)c1. The first kappa shape index (κ1) is 17.7. The predicted molar refractivity (Wildman–Crippen MR) is 93.3 cm³/mol. The van der Waals surface area contributed by atoms with Crippen molar-refractivity contribution < 1.29 is 14.6 Å². The van der Waals surface area contributed by atoms with E-state index in [9.17, 15) is 9.90 Å². The number of carbonyl (C=O) groups excluding carboxylic acids is 1. The zero-order valence-corrected chi connectivity index (χ0v) is 14.8. The lowest BCUT2D eigenvalue weighted by Crippen LogP contribution is -2.24. The molecule has 4 nitrogen and oxygen atoms in total. The van der Waals surface area contributed by atoms with Crippen LogP contribution < -0.4 is 5.32 Å². The van der Waals surface area contributed by atoms with Crippen LogP contribution in [-0.4, -0.2) is 24.8 Å². The number of methoxy groups -OCH3 is 1. The molecular weight excluding hydrogens is 358 g/mol. The molecule has 0 aliphatic carbocycles. The van der Waals surface area contributed by atoms with Crippen LogP contribution in [0.4, 0.5) is 0 Å². The van der Waals surface area contributed by atoms with Crippen LogP contribution in [0.5, 0.6) is 0 Å². The molecule has 0 radical (unpaired) electrons. The molecule has 0 aliphatic rings. The quantitative estimate of drug-likeness (QED) is 0.757. The number of hydrogen-bond acceptors (Lipinski definition) is 4. The van der Waals surface area contributed by atoms with Crippen molar-refractivity contribution in [2.24, 2.45) is 0 Å². The van der Waals surface area contributed by atoms with Crippen LogP contribution in [-0.2, 0) is 11.3 Å². The van der Waals surface area contributed by atoms with E-state index in [0.29, 0.717) is 12.1 Å². The molecule has 0 heterocycles. The summed E-state index contributed by atoms with van der Waals surface area (Å²) in [5, 5.41) is 12.9. The van der Waals surface area contributed by atoms with Gasteiger partial charge in [0, 0.05) is 11.0 Å². The maximum Gasteiger partial charge on any atom is 0.337 e. The number of aliphatic hydroxyl groups is 1. The summed E-state index contributed by atoms with van der Waals surface area (Å²) in [6.07, 6.45) is 0. The number of aryl methyl sites for hydroxylation is 1. The molecule has 1 atom stereocenters. The summed E-state index contributed by atoms with van der Waals surface area (Å²) in [6, 6.07) is 13.3. The van der Waals surface area contributed by atoms with Crippen LogP contribution in [0, 0.1) is 6.92 Å². The molecule has 2 N–H and O–H groups in total. The number of benzene rings is 2. The van der Waals surface area contributed by atoms with E-state index in [1.54, 1.807) is 12.1 Å². The summed E-state index contributed by atoms with van der Waals surface area (Å²) >= 11 is 3.47. The maximum atomic E-state index is 11.5. The largest absolute Gasteiger partial charge is 0.465 e. The van der Waals surface area contributed by atoms with E-state index in [1.165, 1.54) is 12.7 Å². The fourth-order valence-electron chi connectivity index (χ4n) is 2.26. The van der Waals surface area contributed by atoms with Crippen molar-refractivity contribution in [3.63, 3.8) is 0 Å². The van der Waals surface area contributed by atoms with Gasteiger partial charge in [-0.3, -0.25) is 0 Å². The third kappa shape index (κ3) is 4.64. The fourth-order valence-corrected chi connectivity index (χ4v) is 2.77. The molecule has 122 valence electrons. The number of halogens is 1. The second-order valence-corrected chi connectivity index (χ2v) is 6.18. The van der Waals surface area contributed by atoms with E-state index in [1.807, 2.05) is 37.3 Å². The first-order valence-electron chi connectivity index (χ1n) is 7.32. The lowest BCUT2D eigenvalue weighted by Gasteiger charge is -2.18. The van der Waals surface area contributed by atoms with Crippen LogP contribution in [0.3, 0.4) is 0 Å². The number of hydrogen-bond donors (Lipinski definition) is 2. The molecule has 0 saturated heterocycles. The molecule has 23 heavy (non-hydrogen) atoms. The Morgan fingerprint density at radius 3 is 2.52 bits per heavy atom. The number of rotatable bonds is 6. The van der Waals surface area contributed by atoms with Gasteiger partial charge in [0.1, 0.15) is 0 Å². The highest BCUT2D eigenvalue weighted by molar-refractivity contribution is 9.10. The Morgan fingerprint density at radius 1 is 1.26 bits per heavy atom.